The van der Waals surface area contributed by atoms with Crippen LogP contribution in [0.25, 0.3) is 22.3 Å². The Morgan fingerprint density at radius 1 is 0.763 bits per heavy atom. The van der Waals surface area contributed by atoms with Gasteiger partial charge in [0.2, 0.25) is 5.82 Å². The maximum absolute atomic E-state index is 14.9. The number of aryl methyl sites for hydroxylation is 1. The molecule has 0 fully saturated rings. The summed E-state index contributed by atoms with van der Waals surface area (Å²) in [6.07, 6.45) is 2.92. The van der Waals surface area contributed by atoms with Crippen LogP contribution < -0.4 is 9.47 Å². The number of carbonyl (C=O) groups is 1. The van der Waals surface area contributed by atoms with Crippen molar-refractivity contribution in [2.24, 2.45) is 0 Å². The largest absolute Gasteiger partial charge is 0.490 e. The van der Waals surface area contributed by atoms with E-state index in [0.29, 0.717) is 24.0 Å². The van der Waals surface area contributed by atoms with Crippen LogP contribution in [0.5, 0.6) is 11.5 Å². The lowest BCUT2D eigenvalue weighted by Crippen LogP contribution is -2.12. The lowest BCUT2D eigenvalue weighted by Gasteiger charge is -2.11. The molecule has 0 bridgehead atoms. The van der Waals surface area contributed by atoms with Crippen molar-refractivity contribution in [3.8, 4) is 33.8 Å². The Morgan fingerprint density at radius 3 is 1.92 bits per heavy atom. The summed E-state index contributed by atoms with van der Waals surface area (Å²) in [5.74, 6) is -6.09. The Labute approximate surface area is 218 Å². The molecule has 0 spiro atoms. The summed E-state index contributed by atoms with van der Waals surface area (Å²) in [6, 6.07) is 17.8. The molecule has 0 aliphatic rings. The van der Waals surface area contributed by atoms with Crippen molar-refractivity contribution < 1.29 is 31.8 Å². The maximum Gasteiger partial charge on any atom is 0.346 e. The topological polar surface area (TPSA) is 35.5 Å². The van der Waals surface area contributed by atoms with Crippen LogP contribution in [0, 0.1) is 30.2 Å². The van der Waals surface area contributed by atoms with Gasteiger partial charge in [0.05, 0.1) is 12.2 Å². The first-order valence-corrected chi connectivity index (χ1v) is 11.9. The first-order chi connectivity index (χ1) is 18.3. The summed E-state index contributed by atoms with van der Waals surface area (Å²) in [4.78, 5) is 12.5. The van der Waals surface area contributed by atoms with Gasteiger partial charge in [0.1, 0.15) is 5.75 Å². The Kier molecular flexibility index (Phi) is 8.26. The smallest absolute Gasteiger partial charge is 0.346 e. The molecule has 0 saturated heterocycles. The highest BCUT2D eigenvalue weighted by Gasteiger charge is 2.22. The Hall–Kier alpha value is -4.39. The van der Waals surface area contributed by atoms with Crippen LogP contribution in [0.3, 0.4) is 0 Å². The van der Waals surface area contributed by atoms with Crippen LogP contribution in [-0.4, -0.2) is 12.6 Å². The molecule has 0 saturated carbocycles. The molecule has 0 unspecified atom stereocenters. The molecule has 38 heavy (non-hydrogen) atoms. The van der Waals surface area contributed by atoms with Gasteiger partial charge in [-0.2, -0.15) is 4.39 Å². The molecule has 4 rings (SSSR count). The maximum atomic E-state index is 14.9. The quantitative estimate of drug-likeness (QED) is 0.0730. The van der Waals surface area contributed by atoms with E-state index in [0.717, 1.165) is 17.7 Å². The Bertz CT molecular complexity index is 1460. The summed E-state index contributed by atoms with van der Waals surface area (Å²) in [6.45, 7) is 5.64. The molecule has 0 N–H and O–H groups in total. The molecule has 0 radical (unpaired) electrons. The predicted molar refractivity (Wildman–Crippen MR) is 138 cm³/mol. The van der Waals surface area contributed by atoms with Gasteiger partial charge in [0, 0.05) is 11.1 Å². The second-order valence-electron chi connectivity index (χ2n) is 8.59. The van der Waals surface area contributed by atoms with Crippen LogP contribution in [-0.2, 0) is 0 Å². The number of benzene rings is 4. The van der Waals surface area contributed by atoms with Gasteiger partial charge < -0.3 is 9.47 Å². The third-order valence-corrected chi connectivity index (χ3v) is 5.90. The van der Waals surface area contributed by atoms with Crippen molar-refractivity contribution in [3.63, 3.8) is 0 Å². The zero-order valence-electron chi connectivity index (χ0n) is 20.6. The predicted octanol–water partition coefficient (Wildman–Crippen LogP) is 8.45. The summed E-state index contributed by atoms with van der Waals surface area (Å²) in [5.41, 5.74) is 1.45. The minimum absolute atomic E-state index is 0.0143. The number of halogens is 4. The summed E-state index contributed by atoms with van der Waals surface area (Å²) in [5, 5.41) is 0. The number of allylic oxidation sites excluding steroid dienone is 1. The average Bonchev–Trinajstić information content (AvgIpc) is 2.91. The van der Waals surface area contributed by atoms with Crippen LogP contribution >= 0.6 is 0 Å². The van der Waals surface area contributed by atoms with Crippen molar-refractivity contribution in [1.29, 1.82) is 0 Å². The van der Waals surface area contributed by atoms with Gasteiger partial charge in [-0.25, -0.2) is 18.0 Å². The molecule has 0 aliphatic heterocycles. The number of hydrogen-bond acceptors (Lipinski definition) is 3. The van der Waals surface area contributed by atoms with Gasteiger partial charge >= 0.3 is 5.97 Å². The fourth-order valence-electron chi connectivity index (χ4n) is 3.80. The van der Waals surface area contributed by atoms with Crippen molar-refractivity contribution in [3.05, 3.63) is 120 Å². The van der Waals surface area contributed by atoms with Crippen LogP contribution in [0.4, 0.5) is 17.6 Å². The van der Waals surface area contributed by atoms with Gasteiger partial charge in [0.25, 0.3) is 0 Å². The van der Waals surface area contributed by atoms with E-state index >= 15 is 0 Å². The monoisotopic (exact) mass is 520 g/mol. The van der Waals surface area contributed by atoms with Gasteiger partial charge in [-0.15, -0.1) is 6.58 Å². The van der Waals surface area contributed by atoms with Gasteiger partial charge in [-0.3, -0.25) is 0 Å². The molecule has 3 nitrogen and oxygen atoms in total. The molecular formula is C31H24F4O3. The molecular weight excluding hydrogens is 496 g/mol. The summed E-state index contributed by atoms with van der Waals surface area (Å²) in [7, 11) is 0. The van der Waals surface area contributed by atoms with Gasteiger partial charge in [-0.1, -0.05) is 60.2 Å². The lowest BCUT2D eigenvalue weighted by molar-refractivity contribution is 0.0728. The molecule has 0 amide bonds. The molecule has 7 heteroatoms. The van der Waals surface area contributed by atoms with E-state index in [1.807, 2.05) is 19.1 Å². The molecule has 4 aromatic rings. The fourth-order valence-corrected chi connectivity index (χ4v) is 3.80. The van der Waals surface area contributed by atoms with E-state index in [1.54, 1.807) is 18.2 Å². The standard InChI is InChI=1S/C31H24F4O3/c1-3-4-5-18-37-26-17-16-25(29(34)30(26)35)31(36)38-22-12-10-21(11-13-22)24-15-14-23(27(32)28(24)33)20-8-6-19(2)7-9-20/h3,6-17H,1,4-5,18H2,2H3. The van der Waals surface area contributed by atoms with Crippen LogP contribution in [0.2, 0.25) is 0 Å². The summed E-state index contributed by atoms with van der Waals surface area (Å²) >= 11 is 0. The minimum Gasteiger partial charge on any atom is -0.490 e. The van der Waals surface area contributed by atoms with Gasteiger partial charge in [-0.05, 0) is 55.2 Å². The van der Waals surface area contributed by atoms with Gasteiger partial charge in [0.15, 0.2) is 23.2 Å². The van der Waals surface area contributed by atoms with E-state index in [1.165, 1.54) is 36.4 Å². The second kappa shape index (κ2) is 11.8. The average molecular weight is 521 g/mol. The third-order valence-electron chi connectivity index (χ3n) is 5.90. The molecule has 0 aliphatic carbocycles. The van der Waals surface area contributed by atoms with Crippen molar-refractivity contribution in [1.82, 2.24) is 0 Å². The molecule has 0 heterocycles. The second-order valence-corrected chi connectivity index (χ2v) is 8.59. The first-order valence-electron chi connectivity index (χ1n) is 11.9. The number of hydrogen-bond donors (Lipinski definition) is 0. The molecule has 0 aromatic heterocycles. The number of ether oxygens (including phenoxy) is 2. The van der Waals surface area contributed by atoms with E-state index in [2.05, 4.69) is 6.58 Å². The molecule has 0 atom stereocenters. The zero-order chi connectivity index (χ0) is 27.2. The molecule has 4 aromatic carbocycles. The highest BCUT2D eigenvalue weighted by Crippen LogP contribution is 2.32. The van der Waals surface area contributed by atoms with Crippen LogP contribution in [0.1, 0.15) is 28.8 Å². The van der Waals surface area contributed by atoms with Crippen molar-refractivity contribution in [2.45, 2.75) is 19.8 Å². The molecule has 194 valence electrons. The third kappa shape index (κ3) is 5.78. The normalized spacial score (nSPS) is 10.8. The highest BCUT2D eigenvalue weighted by molar-refractivity contribution is 5.91. The van der Waals surface area contributed by atoms with Crippen molar-refractivity contribution >= 4 is 5.97 Å². The highest BCUT2D eigenvalue weighted by atomic mass is 19.2. The number of carbonyl (C=O) groups excluding carboxylic acids is 1. The summed E-state index contributed by atoms with van der Waals surface area (Å²) < 4.78 is 69.0. The number of rotatable bonds is 9. The van der Waals surface area contributed by atoms with E-state index in [-0.39, 0.29) is 29.2 Å². The number of esters is 1. The first kappa shape index (κ1) is 26.7. The van der Waals surface area contributed by atoms with Crippen LogP contribution in [0.15, 0.2) is 85.5 Å². The number of unbranched alkanes of at least 4 members (excludes halogenated alkanes) is 1. The minimum atomic E-state index is -1.39. The van der Waals surface area contributed by atoms with Crippen molar-refractivity contribution in [2.75, 3.05) is 6.61 Å². The SMILES string of the molecule is C=CCCCOc1ccc(C(=O)Oc2ccc(-c3ccc(-c4ccc(C)cc4)c(F)c3F)cc2)c(F)c1F. The Balaban J connectivity index is 1.48. The van der Waals surface area contributed by atoms with E-state index < -0.39 is 34.8 Å². The Morgan fingerprint density at radius 2 is 1.34 bits per heavy atom. The van der Waals surface area contributed by atoms with E-state index in [9.17, 15) is 22.4 Å². The zero-order valence-corrected chi connectivity index (χ0v) is 20.6. The lowest BCUT2D eigenvalue weighted by atomic mass is 9.98. The van der Waals surface area contributed by atoms with E-state index in [4.69, 9.17) is 9.47 Å². The fraction of sp³-hybridized carbons (Fsp3) is 0.129.